The van der Waals surface area contributed by atoms with E-state index in [9.17, 15) is 0 Å². The lowest BCUT2D eigenvalue weighted by molar-refractivity contribution is 0.0242. The van der Waals surface area contributed by atoms with Crippen LogP contribution in [-0.2, 0) is 35.5 Å². The van der Waals surface area contributed by atoms with Crippen LogP contribution in [-0.4, -0.2) is 70.4 Å². The molecule has 8 nitrogen and oxygen atoms in total. The van der Waals surface area contributed by atoms with Crippen molar-refractivity contribution in [3.05, 3.63) is 81.4 Å². The van der Waals surface area contributed by atoms with E-state index in [-0.39, 0.29) is 12.6 Å². The Morgan fingerprint density at radius 2 is 1.61 bits per heavy atom. The maximum atomic E-state index is 8.79. The van der Waals surface area contributed by atoms with Crippen LogP contribution in [0.1, 0.15) is 33.9 Å². The van der Waals surface area contributed by atoms with Gasteiger partial charge in [0.1, 0.15) is 13.2 Å². The SMILES string of the molecule is COc1cc2c(cc1OCc1ccccc1)C1Cc3c(Cl)cc(OC)c(OCCOCCOCCO)c3CN1CC2. The summed E-state index contributed by atoms with van der Waals surface area (Å²) in [5.74, 6) is 2.84. The van der Waals surface area contributed by atoms with Gasteiger partial charge in [0, 0.05) is 35.8 Å². The molecule has 0 aliphatic carbocycles. The highest BCUT2D eigenvalue weighted by Crippen LogP contribution is 2.48. The van der Waals surface area contributed by atoms with Crippen LogP contribution in [0.2, 0.25) is 5.02 Å². The van der Waals surface area contributed by atoms with Crippen molar-refractivity contribution in [2.45, 2.75) is 32.0 Å². The van der Waals surface area contributed by atoms with Crippen LogP contribution in [0.5, 0.6) is 23.0 Å². The van der Waals surface area contributed by atoms with Crippen LogP contribution < -0.4 is 18.9 Å². The quantitative estimate of drug-likeness (QED) is 0.266. The molecule has 9 heteroatoms. The van der Waals surface area contributed by atoms with E-state index in [4.69, 9.17) is 45.1 Å². The normalized spacial score (nSPS) is 16.0. The van der Waals surface area contributed by atoms with E-state index in [0.29, 0.717) is 57.0 Å². The fourth-order valence-corrected chi connectivity index (χ4v) is 5.87. The molecule has 3 aromatic rings. The molecule has 0 radical (unpaired) electrons. The second kappa shape index (κ2) is 14.2. The van der Waals surface area contributed by atoms with Gasteiger partial charge >= 0.3 is 0 Å². The molecular formula is C32H38ClNO7. The number of ether oxygens (including phenoxy) is 6. The molecule has 2 aliphatic rings. The Labute approximate surface area is 246 Å². The van der Waals surface area contributed by atoms with Gasteiger partial charge in [0.25, 0.3) is 0 Å². The lowest BCUT2D eigenvalue weighted by Crippen LogP contribution is -2.39. The number of nitrogens with zero attached hydrogens (tertiary/aromatic N) is 1. The average molecular weight is 584 g/mol. The zero-order valence-corrected chi connectivity index (χ0v) is 24.5. The lowest BCUT2D eigenvalue weighted by Gasteiger charge is -2.42. The number of methoxy groups -OCH3 is 2. The lowest BCUT2D eigenvalue weighted by atomic mass is 9.83. The third-order valence-electron chi connectivity index (χ3n) is 7.60. The van der Waals surface area contributed by atoms with Crippen LogP contribution in [0.3, 0.4) is 0 Å². The summed E-state index contributed by atoms with van der Waals surface area (Å²) in [6, 6.07) is 16.4. The number of aliphatic hydroxyl groups is 1. The molecule has 3 aromatic carbocycles. The Hall–Kier alpha value is -3.01. The fraction of sp³-hybridized carbons (Fsp3) is 0.438. The first-order valence-electron chi connectivity index (χ1n) is 14.0. The monoisotopic (exact) mass is 583 g/mol. The topological polar surface area (TPSA) is 78.9 Å². The first-order chi connectivity index (χ1) is 20.1. The molecule has 2 heterocycles. The third-order valence-corrected chi connectivity index (χ3v) is 7.94. The Balaban J connectivity index is 1.34. The molecular weight excluding hydrogens is 546 g/mol. The highest BCUT2D eigenvalue weighted by atomic mass is 35.5. The van der Waals surface area contributed by atoms with Crippen molar-refractivity contribution in [1.29, 1.82) is 0 Å². The molecule has 5 rings (SSSR count). The molecule has 0 fully saturated rings. The molecule has 220 valence electrons. The number of halogens is 1. The molecule has 0 saturated carbocycles. The molecule has 0 saturated heterocycles. The molecule has 0 spiro atoms. The summed E-state index contributed by atoms with van der Waals surface area (Å²) in [6.45, 7) is 4.06. The van der Waals surface area contributed by atoms with Gasteiger partial charge in [-0.25, -0.2) is 0 Å². The van der Waals surface area contributed by atoms with Crippen molar-refractivity contribution >= 4 is 11.6 Å². The minimum atomic E-state index is 0.00539. The molecule has 1 unspecified atom stereocenters. The van der Waals surface area contributed by atoms with Crippen LogP contribution in [0.25, 0.3) is 0 Å². The fourth-order valence-electron chi connectivity index (χ4n) is 5.58. The average Bonchev–Trinajstić information content (AvgIpc) is 3.01. The van der Waals surface area contributed by atoms with E-state index in [1.54, 1.807) is 14.2 Å². The number of hydrogen-bond donors (Lipinski definition) is 1. The van der Waals surface area contributed by atoms with Gasteiger partial charge in [-0.05, 0) is 47.2 Å². The zero-order chi connectivity index (χ0) is 28.6. The van der Waals surface area contributed by atoms with Crippen LogP contribution in [0.15, 0.2) is 48.5 Å². The van der Waals surface area contributed by atoms with Gasteiger partial charge in [0.15, 0.2) is 23.0 Å². The summed E-state index contributed by atoms with van der Waals surface area (Å²) in [4.78, 5) is 2.48. The highest BCUT2D eigenvalue weighted by Gasteiger charge is 2.36. The standard InChI is InChI=1S/C32H38ClNO7/c1-36-29-16-23-8-9-34-20-26-25(17-28(34)24(23)18-30(29)41-21-22-6-4-3-5-7-22)27(33)19-31(37-2)32(26)40-15-14-39-13-12-38-11-10-35/h3-7,16,18-19,28,35H,8-15,17,20-21H2,1-2H3. The number of benzene rings is 3. The Kier molecular flexibility index (Phi) is 10.2. The zero-order valence-electron chi connectivity index (χ0n) is 23.7. The first kappa shape index (κ1) is 29.5. The summed E-state index contributed by atoms with van der Waals surface area (Å²) < 4.78 is 34.7. The van der Waals surface area contributed by atoms with Gasteiger partial charge in [-0.1, -0.05) is 41.9 Å². The van der Waals surface area contributed by atoms with E-state index in [0.717, 1.165) is 53.3 Å². The summed E-state index contributed by atoms with van der Waals surface area (Å²) in [6.07, 6.45) is 1.67. The first-order valence-corrected chi connectivity index (χ1v) is 14.4. The number of rotatable bonds is 14. The maximum absolute atomic E-state index is 8.79. The van der Waals surface area contributed by atoms with Crippen molar-refractivity contribution in [1.82, 2.24) is 4.90 Å². The van der Waals surface area contributed by atoms with Crippen molar-refractivity contribution in [3.8, 4) is 23.0 Å². The van der Waals surface area contributed by atoms with Gasteiger partial charge in [-0.15, -0.1) is 0 Å². The highest BCUT2D eigenvalue weighted by molar-refractivity contribution is 6.31. The summed E-state index contributed by atoms with van der Waals surface area (Å²) in [5, 5.41) is 9.48. The van der Waals surface area contributed by atoms with E-state index in [1.807, 2.05) is 24.3 Å². The van der Waals surface area contributed by atoms with Gasteiger partial charge in [0.05, 0.1) is 47.3 Å². The van der Waals surface area contributed by atoms with Gasteiger partial charge in [-0.2, -0.15) is 0 Å². The molecule has 0 aromatic heterocycles. The van der Waals surface area contributed by atoms with Crippen LogP contribution in [0, 0.1) is 0 Å². The molecule has 0 bridgehead atoms. The van der Waals surface area contributed by atoms with Crippen molar-refractivity contribution in [2.75, 3.05) is 60.4 Å². The Morgan fingerprint density at radius 1 is 0.854 bits per heavy atom. The minimum Gasteiger partial charge on any atom is -0.493 e. The van der Waals surface area contributed by atoms with E-state index in [1.165, 1.54) is 11.1 Å². The van der Waals surface area contributed by atoms with Crippen molar-refractivity contribution in [2.24, 2.45) is 0 Å². The van der Waals surface area contributed by atoms with E-state index < -0.39 is 0 Å². The second-order valence-electron chi connectivity index (χ2n) is 10.1. The number of fused-ring (bicyclic) bond motifs is 4. The van der Waals surface area contributed by atoms with Crippen molar-refractivity contribution < 1.29 is 33.5 Å². The minimum absolute atomic E-state index is 0.00539. The predicted molar refractivity (Wildman–Crippen MR) is 157 cm³/mol. The van der Waals surface area contributed by atoms with Gasteiger partial charge < -0.3 is 33.5 Å². The summed E-state index contributed by atoms with van der Waals surface area (Å²) in [7, 11) is 3.32. The largest absolute Gasteiger partial charge is 0.493 e. The molecule has 1 atom stereocenters. The Bertz CT molecular complexity index is 1300. The van der Waals surface area contributed by atoms with Gasteiger partial charge in [-0.3, -0.25) is 4.90 Å². The molecule has 41 heavy (non-hydrogen) atoms. The van der Waals surface area contributed by atoms with Crippen molar-refractivity contribution in [3.63, 3.8) is 0 Å². The maximum Gasteiger partial charge on any atom is 0.166 e. The van der Waals surface area contributed by atoms with E-state index in [2.05, 4.69) is 29.2 Å². The predicted octanol–water partition coefficient (Wildman–Crippen LogP) is 5.00. The number of aliphatic hydroxyl groups excluding tert-OH is 1. The summed E-state index contributed by atoms with van der Waals surface area (Å²) >= 11 is 6.84. The van der Waals surface area contributed by atoms with E-state index >= 15 is 0 Å². The second-order valence-corrected chi connectivity index (χ2v) is 10.5. The Morgan fingerprint density at radius 3 is 2.37 bits per heavy atom. The van der Waals surface area contributed by atoms with Gasteiger partial charge in [0.2, 0.25) is 0 Å². The van der Waals surface area contributed by atoms with Crippen LogP contribution in [0.4, 0.5) is 0 Å². The third kappa shape index (κ3) is 6.90. The molecule has 0 amide bonds. The number of hydrogen-bond acceptors (Lipinski definition) is 8. The molecule has 1 N–H and O–H groups in total. The van der Waals surface area contributed by atoms with Crippen LogP contribution >= 0.6 is 11.6 Å². The summed E-state index contributed by atoms with van der Waals surface area (Å²) in [5.41, 5.74) is 5.78. The smallest absolute Gasteiger partial charge is 0.166 e. The molecule has 2 aliphatic heterocycles.